The van der Waals surface area contributed by atoms with E-state index >= 15 is 0 Å². The molecule has 3 amide bonds. The summed E-state index contributed by atoms with van der Waals surface area (Å²) in [6.07, 6.45) is 4.09. The van der Waals surface area contributed by atoms with Crippen molar-refractivity contribution >= 4 is 17.6 Å². The summed E-state index contributed by atoms with van der Waals surface area (Å²) >= 11 is 0. The highest BCUT2D eigenvalue weighted by atomic mass is 16.2. The summed E-state index contributed by atoms with van der Waals surface area (Å²) in [6.45, 7) is 1.77. The van der Waals surface area contributed by atoms with Crippen LogP contribution in [0.15, 0.2) is 12.3 Å². The van der Waals surface area contributed by atoms with Gasteiger partial charge in [-0.3, -0.25) is 4.79 Å². The highest BCUT2D eigenvalue weighted by Crippen LogP contribution is 2.25. The Hall–Kier alpha value is -2.18. The van der Waals surface area contributed by atoms with Crippen molar-refractivity contribution in [1.82, 2.24) is 20.8 Å². The minimum atomic E-state index is -0.318. The third kappa shape index (κ3) is 3.23. The topological polar surface area (TPSA) is 96.0 Å². The first-order valence-corrected chi connectivity index (χ1v) is 6.69. The van der Waals surface area contributed by atoms with Gasteiger partial charge in [-0.2, -0.15) is 10.2 Å². The fraction of sp³-hybridized carbons (Fsp3) is 0.538. The second-order valence-corrected chi connectivity index (χ2v) is 4.89. The molecule has 1 aliphatic rings. The van der Waals surface area contributed by atoms with Gasteiger partial charge in [-0.1, -0.05) is 6.42 Å². The zero-order chi connectivity index (χ0) is 14.5. The van der Waals surface area contributed by atoms with Gasteiger partial charge in [0.2, 0.25) is 5.91 Å². The summed E-state index contributed by atoms with van der Waals surface area (Å²) < 4.78 is 0. The SMILES string of the molecule is CNC(=O)C1CCCC1NC(=O)Nc1ccnnc1C. The monoisotopic (exact) mass is 277 g/mol. The molecule has 1 saturated carbocycles. The molecule has 0 aliphatic heterocycles. The van der Waals surface area contributed by atoms with Gasteiger partial charge < -0.3 is 16.0 Å². The summed E-state index contributed by atoms with van der Waals surface area (Å²) in [4.78, 5) is 23.7. The Labute approximate surface area is 117 Å². The molecule has 0 radical (unpaired) electrons. The number of aromatic nitrogens is 2. The van der Waals surface area contributed by atoms with Crippen molar-refractivity contribution in [2.45, 2.75) is 32.2 Å². The summed E-state index contributed by atoms with van der Waals surface area (Å²) in [6, 6.07) is 1.25. The first kappa shape index (κ1) is 14.2. The van der Waals surface area contributed by atoms with Gasteiger partial charge in [0.25, 0.3) is 0 Å². The van der Waals surface area contributed by atoms with Crippen molar-refractivity contribution in [2.75, 3.05) is 12.4 Å². The third-order valence-corrected chi connectivity index (χ3v) is 3.57. The molecular formula is C13H19N5O2. The molecular weight excluding hydrogens is 258 g/mol. The highest BCUT2D eigenvalue weighted by molar-refractivity contribution is 5.90. The first-order valence-electron chi connectivity index (χ1n) is 6.69. The molecule has 2 rings (SSSR count). The van der Waals surface area contributed by atoms with Crippen molar-refractivity contribution in [3.63, 3.8) is 0 Å². The molecule has 3 N–H and O–H groups in total. The molecule has 20 heavy (non-hydrogen) atoms. The summed E-state index contributed by atoms with van der Waals surface area (Å²) in [5, 5.41) is 15.8. The average molecular weight is 277 g/mol. The van der Waals surface area contributed by atoms with Crippen LogP contribution in [0.1, 0.15) is 25.0 Å². The molecule has 1 fully saturated rings. The van der Waals surface area contributed by atoms with Gasteiger partial charge in [0.05, 0.1) is 23.5 Å². The number of carbonyl (C=O) groups is 2. The van der Waals surface area contributed by atoms with Crippen LogP contribution in [0.25, 0.3) is 0 Å². The van der Waals surface area contributed by atoms with Gasteiger partial charge in [-0.05, 0) is 25.8 Å². The first-order chi connectivity index (χ1) is 9.61. The number of anilines is 1. The van der Waals surface area contributed by atoms with Gasteiger partial charge >= 0.3 is 6.03 Å². The van der Waals surface area contributed by atoms with Gasteiger partial charge in [0, 0.05) is 13.1 Å². The molecule has 2 unspecified atom stereocenters. The van der Waals surface area contributed by atoms with Crippen LogP contribution >= 0.6 is 0 Å². The maximum Gasteiger partial charge on any atom is 0.319 e. The predicted octanol–water partition coefficient (Wildman–Crippen LogP) is 0.821. The Morgan fingerprint density at radius 3 is 2.85 bits per heavy atom. The summed E-state index contributed by atoms with van der Waals surface area (Å²) in [7, 11) is 1.61. The van der Waals surface area contributed by atoms with Crippen LogP contribution in [0.5, 0.6) is 0 Å². The second-order valence-electron chi connectivity index (χ2n) is 4.89. The molecule has 7 nitrogen and oxygen atoms in total. The Morgan fingerprint density at radius 1 is 1.35 bits per heavy atom. The van der Waals surface area contributed by atoms with Crippen LogP contribution < -0.4 is 16.0 Å². The van der Waals surface area contributed by atoms with E-state index < -0.39 is 0 Å². The fourth-order valence-corrected chi connectivity index (χ4v) is 2.49. The molecule has 0 bridgehead atoms. The van der Waals surface area contributed by atoms with E-state index in [2.05, 4.69) is 26.1 Å². The smallest absolute Gasteiger partial charge is 0.319 e. The number of nitrogens with one attached hydrogen (secondary N) is 3. The number of amides is 3. The van der Waals surface area contributed by atoms with Gasteiger partial charge in [-0.25, -0.2) is 4.79 Å². The Bertz CT molecular complexity index is 505. The number of hydrogen-bond acceptors (Lipinski definition) is 4. The molecule has 0 saturated heterocycles. The lowest BCUT2D eigenvalue weighted by Crippen LogP contribution is -2.44. The third-order valence-electron chi connectivity index (χ3n) is 3.57. The fourth-order valence-electron chi connectivity index (χ4n) is 2.49. The van der Waals surface area contributed by atoms with Crippen LogP contribution in [-0.4, -0.2) is 35.2 Å². The highest BCUT2D eigenvalue weighted by Gasteiger charge is 2.33. The zero-order valence-corrected chi connectivity index (χ0v) is 11.6. The number of carbonyl (C=O) groups excluding carboxylic acids is 2. The van der Waals surface area contributed by atoms with E-state index in [9.17, 15) is 9.59 Å². The van der Waals surface area contributed by atoms with E-state index in [4.69, 9.17) is 0 Å². The lowest BCUT2D eigenvalue weighted by Gasteiger charge is -2.20. The number of hydrogen-bond donors (Lipinski definition) is 3. The standard InChI is InChI=1S/C13H19N5O2/c1-8-10(6-7-15-18-8)16-13(20)17-11-5-3-4-9(11)12(19)14-2/h6-7,9,11H,3-5H2,1-2H3,(H,14,19)(H2,15,16,17,20). The van der Waals surface area contributed by atoms with E-state index in [0.29, 0.717) is 11.4 Å². The van der Waals surface area contributed by atoms with Crippen LogP contribution in [0.3, 0.4) is 0 Å². The molecule has 2 atom stereocenters. The van der Waals surface area contributed by atoms with Crippen LogP contribution in [0.2, 0.25) is 0 Å². The Balaban J connectivity index is 1.94. The minimum absolute atomic E-state index is 0.0189. The van der Waals surface area contributed by atoms with Crippen molar-refractivity contribution in [1.29, 1.82) is 0 Å². The van der Waals surface area contributed by atoms with Crippen molar-refractivity contribution in [3.8, 4) is 0 Å². The lowest BCUT2D eigenvalue weighted by molar-refractivity contribution is -0.124. The van der Waals surface area contributed by atoms with Gasteiger partial charge in [0.15, 0.2) is 0 Å². The Kier molecular flexibility index (Phi) is 4.49. The average Bonchev–Trinajstić information content (AvgIpc) is 2.88. The van der Waals surface area contributed by atoms with Crippen molar-refractivity contribution in [3.05, 3.63) is 18.0 Å². The zero-order valence-electron chi connectivity index (χ0n) is 11.6. The molecule has 0 aromatic carbocycles. The quantitative estimate of drug-likeness (QED) is 0.762. The maximum absolute atomic E-state index is 12.0. The largest absolute Gasteiger partial charge is 0.359 e. The van der Waals surface area contributed by atoms with Crippen LogP contribution in [0.4, 0.5) is 10.5 Å². The molecule has 1 aliphatic carbocycles. The van der Waals surface area contributed by atoms with Crippen LogP contribution in [-0.2, 0) is 4.79 Å². The minimum Gasteiger partial charge on any atom is -0.359 e. The van der Waals surface area contributed by atoms with Crippen molar-refractivity contribution in [2.24, 2.45) is 5.92 Å². The predicted molar refractivity (Wildman–Crippen MR) is 74.1 cm³/mol. The molecule has 1 aromatic rings. The van der Waals surface area contributed by atoms with Gasteiger partial charge in [-0.15, -0.1) is 0 Å². The number of nitrogens with zero attached hydrogens (tertiary/aromatic N) is 2. The summed E-state index contributed by atoms with van der Waals surface area (Å²) in [5.41, 5.74) is 1.27. The molecule has 1 heterocycles. The number of urea groups is 1. The number of aryl methyl sites for hydroxylation is 1. The second kappa shape index (κ2) is 6.31. The normalized spacial score (nSPS) is 21.3. The molecule has 0 spiro atoms. The Morgan fingerprint density at radius 2 is 2.15 bits per heavy atom. The lowest BCUT2D eigenvalue weighted by atomic mass is 10.0. The molecule has 1 aromatic heterocycles. The van der Waals surface area contributed by atoms with Crippen molar-refractivity contribution < 1.29 is 9.59 Å². The molecule has 108 valence electrons. The van der Waals surface area contributed by atoms with E-state index in [1.54, 1.807) is 20.0 Å². The van der Waals surface area contributed by atoms with Gasteiger partial charge in [0.1, 0.15) is 0 Å². The number of rotatable bonds is 3. The molecule has 7 heteroatoms. The van der Waals surface area contributed by atoms with E-state index in [1.165, 1.54) is 6.20 Å². The van der Waals surface area contributed by atoms with E-state index in [-0.39, 0.29) is 23.9 Å². The van der Waals surface area contributed by atoms with E-state index in [0.717, 1.165) is 19.3 Å². The van der Waals surface area contributed by atoms with Crippen LogP contribution in [0, 0.1) is 12.8 Å². The van der Waals surface area contributed by atoms with E-state index in [1.807, 2.05) is 0 Å². The summed E-state index contributed by atoms with van der Waals surface area (Å²) in [5.74, 6) is -0.169. The maximum atomic E-state index is 12.0.